The van der Waals surface area contributed by atoms with Crippen LogP contribution in [0.3, 0.4) is 0 Å². The quantitative estimate of drug-likeness (QED) is 0.518. The number of aliphatic hydroxyl groups excluding tert-OH is 1. The Labute approximate surface area is 110 Å². The molecule has 0 saturated heterocycles. The van der Waals surface area contributed by atoms with Gasteiger partial charge in [0.15, 0.2) is 12.2 Å². The fourth-order valence-electron chi connectivity index (χ4n) is 1.39. The van der Waals surface area contributed by atoms with Crippen LogP contribution in [0.15, 0.2) is 26.6 Å². The number of nitrogens with zero attached hydrogens (tertiary/aromatic N) is 1. The van der Waals surface area contributed by atoms with Gasteiger partial charge in [-0.2, -0.15) is 0 Å². The molecule has 0 radical (unpaired) electrons. The van der Waals surface area contributed by atoms with Gasteiger partial charge in [-0.1, -0.05) is 23.2 Å². The Morgan fingerprint density at radius 2 is 2.11 bits per heavy atom. The molecule has 1 aromatic heterocycles. The smallest absolute Gasteiger partial charge is 0.433 e. The Hall–Kier alpha value is -1.57. The Balaban J connectivity index is 2.24. The lowest BCUT2D eigenvalue weighted by Gasteiger charge is -2.14. The van der Waals surface area contributed by atoms with E-state index in [0.717, 1.165) is 6.07 Å². The summed E-state index contributed by atoms with van der Waals surface area (Å²) in [6.07, 6.45) is -2.69. The highest BCUT2D eigenvalue weighted by Crippen LogP contribution is 2.37. The third-order valence-electron chi connectivity index (χ3n) is 2.24. The van der Waals surface area contributed by atoms with E-state index < -0.39 is 29.0 Å². The SMILES string of the molecule is O=C1O[C@H]([C@H](O)c2ccc([N+](=O)[O-])o2)C(Cl)=C1Cl. The molecule has 1 aromatic rings. The van der Waals surface area contributed by atoms with E-state index in [0.29, 0.717) is 0 Å². The van der Waals surface area contributed by atoms with E-state index in [1.54, 1.807) is 0 Å². The number of hydrogen-bond donors (Lipinski definition) is 1. The second-order valence-corrected chi connectivity index (χ2v) is 4.15. The highest BCUT2D eigenvalue weighted by Gasteiger charge is 2.39. The monoisotopic (exact) mass is 293 g/mol. The van der Waals surface area contributed by atoms with E-state index in [-0.39, 0.29) is 15.8 Å². The summed E-state index contributed by atoms with van der Waals surface area (Å²) >= 11 is 11.2. The molecule has 0 spiro atoms. The second kappa shape index (κ2) is 4.60. The van der Waals surface area contributed by atoms with Crippen molar-refractivity contribution in [1.29, 1.82) is 0 Å². The molecular formula is C9H5Cl2NO6. The average molecular weight is 294 g/mol. The Morgan fingerprint density at radius 1 is 1.44 bits per heavy atom. The van der Waals surface area contributed by atoms with Crippen LogP contribution >= 0.6 is 23.2 Å². The third kappa shape index (κ3) is 2.07. The van der Waals surface area contributed by atoms with Crippen LogP contribution in [0.2, 0.25) is 0 Å². The molecule has 0 amide bonds. The van der Waals surface area contributed by atoms with Crippen LogP contribution in [0.25, 0.3) is 0 Å². The van der Waals surface area contributed by atoms with E-state index in [4.69, 9.17) is 32.4 Å². The molecule has 7 nitrogen and oxygen atoms in total. The van der Waals surface area contributed by atoms with Gasteiger partial charge in [0, 0.05) is 0 Å². The van der Waals surface area contributed by atoms with Gasteiger partial charge in [0.25, 0.3) is 0 Å². The Kier molecular flexibility index (Phi) is 3.29. The zero-order valence-corrected chi connectivity index (χ0v) is 10.0. The molecule has 0 aliphatic carbocycles. The van der Waals surface area contributed by atoms with Crippen molar-refractivity contribution >= 4 is 35.1 Å². The fourth-order valence-corrected chi connectivity index (χ4v) is 1.79. The number of nitro groups is 1. The highest BCUT2D eigenvalue weighted by molar-refractivity contribution is 6.48. The highest BCUT2D eigenvalue weighted by atomic mass is 35.5. The van der Waals surface area contributed by atoms with Crippen LogP contribution in [0, 0.1) is 10.1 Å². The van der Waals surface area contributed by atoms with Crippen LogP contribution in [-0.4, -0.2) is 22.1 Å². The maximum atomic E-state index is 11.1. The number of cyclic esters (lactones) is 1. The second-order valence-electron chi connectivity index (χ2n) is 3.37. The number of furan rings is 1. The van der Waals surface area contributed by atoms with Crippen LogP contribution < -0.4 is 0 Å². The predicted octanol–water partition coefficient (Wildman–Crippen LogP) is 1.84. The lowest BCUT2D eigenvalue weighted by molar-refractivity contribution is -0.402. The first kappa shape index (κ1) is 12.9. The molecule has 96 valence electrons. The third-order valence-corrected chi connectivity index (χ3v) is 3.10. The summed E-state index contributed by atoms with van der Waals surface area (Å²) in [6.45, 7) is 0. The summed E-state index contributed by atoms with van der Waals surface area (Å²) in [5.41, 5.74) is 0. The lowest BCUT2D eigenvalue weighted by Crippen LogP contribution is -2.19. The molecule has 0 bridgehead atoms. The van der Waals surface area contributed by atoms with Gasteiger partial charge >= 0.3 is 11.9 Å². The number of halogens is 2. The first-order valence-electron chi connectivity index (χ1n) is 4.60. The summed E-state index contributed by atoms with van der Waals surface area (Å²) in [4.78, 5) is 20.7. The van der Waals surface area contributed by atoms with E-state index in [9.17, 15) is 20.0 Å². The van der Waals surface area contributed by atoms with Gasteiger partial charge in [0.2, 0.25) is 0 Å². The van der Waals surface area contributed by atoms with Crippen molar-refractivity contribution in [2.45, 2.75) is 12.2 Å². The van der Waals surface area contributed by atoms with Crippen LogP contribution in [0.4, 0.5) is 5.88 Å². The molecule has 18 heavy (non-hydrogen) atoms. The van der Waals surface area contributed by atoms with Gasteiger partial charge in [-0.15, -0.1) is 0 Å². The first-order valence-corrected chi connectivity index (χ1v) is 5.35. The summed E-state index contributed by atoms with van der Waals surface area (Å²) in [5.74, 6) is -1.56. The molecular weight excluding hydrogens is 289 g/mol. The maximum absolute atomic E-state index is 11.1. The summed E-state index contributed by atoms with van der Waals surface area (Å²) in [5, 5.41) is 19.8. The van der Waals surface area contributed by atoms with E-state index in [1.807, 2.05) is 0 Å². The first-order chi connectivity index (χ1) is 8.41. The Bertz CT molecular complexity index is 551. The molecule has 0 unspecified atom stereocenters. The van der Waals surface area contributed by atoms with Crippen LogP contribution in [0.5, 0.6) is 0 Å². The molecule has 2 rings (SSSR count). The molecule has 1 aliphatic rings. The van der Waals surface area contributed by atoms with Crippen molar-refractivity contribution < 1.29 is 24.0 Å². The molecule has 1 N–H and O–H groups in total. The maximum Gasteiger partial charge on any atom is 0.433 e. The van der Waals surface area contributed by atoms with Gasteiger partial charge in [-0.25, -0.2) is 4.79 Å². The molecule has 0 fully saturated rings. The molecule has 2 atom stereocenters. The largest absolute Gasteiger partial charge is 0.449 e. The van der Waals surface area contributed by atoms with E-state index in [2.05, 4.69) is 0 Å². The normalized spacial score (nSPS) is 21.1. The van der Waals surface area contributed by atoms with Crippen LogP contribution in [0.1, 0.15) is 11.9 Å². The van der Waals surface area contributed by atoms with Gasteiger partial charge in [-0.05, 0) is 6.07 Å². The van der Waals surface area contributed by atoms with Crippen molar-refractivity contribution in [2.24, 2.45) is 0 Å². The van der Waals surface area contributed by atoms with E-state index in [1.165, 1.54) is 6.07 Å². The number of esters is 1. The van der Waals surface area contributed by atoms with Crippen molar-refractivity contribution in [3.8, 4) is 0 Å². The number of hydrogen-bond acceptors (Lipinski definition) is 6. The molecule has 0 saturated carbocycles. The molecule has 1 aliphatic heterocycles. The minimum absolute atomic E-state index is 0.149. The van der Waals surface area contributed by atoms with Crippen molar-refractivity contribution in [3.63, 3.8) is 0 Å². The van der Waals surface area contributed by atoms with Gasteiger partial charge in [0.05, 0.1) is 11.1 Å². The van der Waals surface area contributed by atoms with Gasteiger partial charge < -0.3 is 14.3 Å². The number of aliphatic hydroxyl groups is 1. The van der Waals surface area contributed by atoms with Crippen molar-refractivity contribution in [2.75, 3.05) is 0 Å². The number of carbonyl (C=O) groups excluding carboxylic acids is 1. The van der Waals surface area contributed by atoms with Crippen molar-refractivity contribution in [1.82, 2.24) is 0 Å². The Morgan fingerprint density at radius 3 is 2.56 bits per heavy atom. The average Bonchev–Trinajstić information content (AvgIpc) is 2.90. The number of ether oxygens (including phenoxy) is 1. The molecule has 2 heterocycles. The van der Waals surface area contributed by atoms with Gasteiger partial charge in [0.1, 0.15) is 15.7 Å². The zero-order chi connectivity index (χ0) is 13.4. The summed E-state index contributed by atoms with van der Waals surface area (Å²) < 4.78 is 9.49. The molecule has 0 aromatic carbocycles. The number of rotatable bonds is 3. The van der Waals surface area contributed by atoms with Crippen molar-refractivity contribution in [3.05, 3.63) is 38.1 Å². The van der Waals surface area contributed by atoms with Gasteiger partial charge in [-0.3, -0.25) is 10.1 Å². The summed E-state index contributed by atoms with van der Waals surface area (Å²) in [7, 11) is 0. The molecule has 9 heteroatoms. The minimum atomic E-state index is -1.47. The summed E-state index contributed by atoms with van der Waals surface area (Å²) in [6, 6.07) is 2.25. The fraction of sp³-hybridized carbons (Fsp3) is 0.222. The van der Waals surface area contributed by atoms with E-state index >= 15 is 0 Å². The topological polar surface area (TPSA) is 103 Å². The number of carbonyl (C=O) groups is 1. The van der Waals surface area contributed by atoms with Crippen LogP contribution in [-0.2, 0) is 9.53 Å². The standard InChI is InChI=1S/C9H5Cl2NO6/c10-5-6(11)9(14)18-8(5)7(13)3-1-2-4(17-3)12(15)16/h1-2,7-8,13H/t7-,8+/m1/s1. The predicted molar refractivity (Wildman–Crippen MR) is 58.9 cm³/mol. The lowest BCUT2D eigenvalue weighted by atomic mass is 10.1. The zero-order valence-electron chi connectivity index (χ0n) is 8.50. The minimum Gasteiger partial charge on any atom is -0.449 e.